The third-order valence-electron chi connectivity index (χ3n) is 5.83. The number of likely N-dealkylation sites (tertiary alicyclic amines) is 1. The zero-order chi connectivity index (χ0) is 16.8. The van der Waals surface area contributed by atoms with E-state index in [1.54, 1.807) is 11.3 Å². The molecule has 8 heteroatoms. The zero-order valence-electron chi connectivity index (χ0n) is 14.1. The number of carbonyl (C=O) groups excluding carboxylic acids is 1. The molecule has 4 heterocycles. The summed E-state index contributed by atoms with van der Waals surface area (Å²) in [5.74, 6) is 2.59. The number of carbonyl (C=O) groups is 1. The van der Waals surface area contributed by atoms with E-state index in [9.17, 15) is 4.79 Å². The molecule has 7 nitrogen and oxygen atoms in total. The predicted octanol–water partition coefficient (Wildman–Crippen LogP) is 1.32. The van der Waals surface area contributed by atoms with Crippen LogP contribution in [0.1, 0.15) is 40.7 Å². The minimum absolute atomic E-state index is 0.0560. The average molecular weight is 358 g/mol. The molecule has 2 aromatic rings. The smallest absolute Gasteiger partial charge is 0.289 e. The first-order chi connectivity index (χ1) is 12.3. The quantitative estimate of drug-likeness (QED) is 0.892. The van der Waals surface area contributed by atoms with Crippen LogP contribution in [0.5, 0.6) is 0 Å². The third-order valence-corrected chi connectivity index (χ3v) is 6.59. The fourth-order valence-corrected chi connectivity index (χ4v) is 4.90. The summed E-state index contributed by atoms with van der Waals surface area (Å²) >= 11 is 1.72. The molecule has 2 aromatic heterocycles. The van der Waals surface area contributed by atoms with Gasteiger partial charge in [0.15, 0.2) is 0 Å². The molecule has 2 atom stereocenters. The predicted molar refractivity (Wildman–Crippen MR) is 93.2 cm³/mol. The minimum Gasteiger partial charge on any atom is -0.347 e. The highest BCUT2D eigenvalue weighted by Crippen LogP contribution is 2.33. The summed E-state index contributed by atoms with van der Waals surface area (Å²) in [4.78, 5) is 19.4. The van der Waals surface area contributed by atoms with E-state index in [0.717, 1.165) is 51.3 Å². The van der Waals surface area contributed by atoms with Gasteiger partial charge in [0, 0.05) is 43.7 Å². The van der Waals surface area contributed by atoms with Gasteiger partial charge in [0.05, 0.1) is 6.54 Å². The maximum absolute atomic E-state index is 12.5. The van der Waals surface area contributed by atoms with Gasteiger partial charge in [-0.25, -0.2) is 4.98 Å². The van der Waals surface area contributed by atoms with Crippen LogP contribution < -0.4 is 5.32 Å². The standard InChI is InChI=1S/C17H22N6OS/c24-17(19-13-2-1-3-13)16-21-20-14-6-11-7-22(8-12(11)9-23(14)16)10-15-18-4-5-25-15/h4-5,11-13H,1-3,6-10H2,(H,19,24)/t11-,12+/m1/s1. The van der Waals surface area contributed by atoms with Gasteiger partial charge in [-0.3, -0.25) is 9.69 Å². The second-order valence-electron chi connectivity index (χ2n) is 7.50. The van der Waals surface area contributed by atoms with E-state index in [-0.39, 0.29) is 5.91 Å². The normalized spacial score (nSPS) is 26.1. The van der Waals surface area contributed by atoms with Crippen molar-refractivity contribution in [2.45, 2.75) is 44.8 Å². The molecule has 2 fully saturated rings. The summed E-state index contributed by atoms with van der Waals surface area (Å²) < 4.78 is 2.06. The Morgan fingerprint density at radius 1 is 1.24 bits per heavy atom. The lowest BCUT2D eigenvalue weighted by molar-refractivity contribution is 0.0898. The van der Waals surface area contributed by atoms with Crippen molar-refractivity contribution in [3.05, 3.63) is 28.2 Å². The molecule has 1 saturated heterocycles. The van der Waals surface area contributed by atoms with E-state index in [2.05, 4.69) is 30.0 Å². The molecule has 1 saturated carbocycles. The van der Waals surface area contributed by atoms with Gasteiger partial charge in [-0.15, -0.1) is 21.5 Å². The van der Waals surface area contributed by atoms with Crippen LogP contribution in [-0.2, 0) is 19.5 Å². The lowest BCUT2D eigenvalue weighted by Gasteiger charge is -2.28. The highest BCUT2D eigenvalue weighted by atomic mass is 32.1. The van der Waals surface area contributed by atoms with Crippen molar-refractivity contribution >= 4 is 17.2 Å². The molecule has 0 radical (unpaired) electrons. The summed E-state index contributed by atoms with van der Waals surface area (Å²) in [6, 6.07) is 0.331. The van der Waals surface area contributed by atoms with E-state index in [4.69, 9.17) is 0 Å². The van der Waals surface area contributed by atoms with Crippen LogP contribution in [0.15, 0.2) is 11.6 Å². The van der Waals surface area contributed by atoms with Crippen molar-refractivity contribution in [1.82, 2.24) is 30.0 Å². The molecule has 0 unspecified atom stereocenters. The van der Waals surface area contributed by atoms with Crippen LogP contribution >= 0.6 is 11.3 Å². The van der Waals surface area contributed by atoms with Crippen molar-refractivity contribution in [2.24, 2.45) is 11.8 Å². The number of hydrogen-bond acceptors (Lipinski definition) is 6. The third kappa shape index (κ3) is 2.87. The van der Waals surface area contributed by atoms with Crippen LogP contribution in [0, 0.1) is 11.8 Å². The molecule has 1 aliphatic carbocycles. The van der Waals surface area contributed by atoms with Gasteiger partial charge in [0.25, 0.3) is 5.91 Å². The van der Waals surface area contributed by atoms with Gasteiger partial charge < -0.3 is 9.88 Å². The van der Waals surface area contributed by atoms with Crippen molar-refractivity contribution in [3.8, 4) is 0 Å². The SMILES string of the molecule is O=C(NC1CCC1)c1nnc2n1C[C@@H]1CN(Cc3nccs3)C[C@H]1C2. The summed E-state index contributed by atoms with van der Waals surface area (Å²) in [5.41, 5.74) is 0. The van der Waals surface area contributed by atoms with Crippen LogP contribution in [-0.4, -0.2) is 49.7 Å². The maximum Gasteiger partial charge on any atom is 0.289 e. The Morgan fingerprint density at radius 2 is 2.12 bits per heavy atom. The highest BCUT2D eigenvalue weighted by Gasteiger charge is 2.39. The molecular formula is C17H22N6OS. The fourth-order valence-electron chi connectivity index (χ4n) is 4.24. The Hall–Kier alpha value is -1.80. The van der Waals surface area contributed by atoms with E-state index < -0.39 is 0 Å². The van der Waals surface area contributed by atoms with E-state index in [0.29, 0.717) is 23.7 Å². The molecule has 0 aromatic carbocycles. The summed E-state index contributed by atoms with van der Waals surface area (Å²) in [6.07, 6.45) is 6.17. The largest absolute Gasteiger partial charge is 0.347 e. The second-order valence-corrected chi connectivity index (χ2v) is 8.48. The Kier molecular flexibility index (Phi) is 3.82. The number of rotatable bonds is 4. The molecule has 3 aliphatic rings. The molecule has 0 spiro atoms. The number of nitrogens with one attached hydrogen (secondary N) is 1. The molecule has 5 rings (SSSR count). The fraction of sp³-hybridized carbons (Fsp3) is 0.647. The van der Waals surface area contributed by atoms with Crippen LogP contribution in [0.25, 0.3) is 0 Å². The van der Waals surface area contributed by atoms with Crippen molar-refractivity contribution in [2.75, 3.05) is 13.1 Å². The molecule has 1 N–H and O–H groups in total. The second kappa shape index (κ2) is 6.17. The van der Waals surface area contributed by atoms with Crippen LogP contribution in [0.4, 0.5) is 0 Å². The van der Waals surface area contributed by atoms with Gasteiger partial charge in [0.1, 0.15) is 10.8 Å². The number of hydrogen-bond donors (Lipinski definition) is 1. The Morgan fingerprint density at radius 3 is 2.88 bits per heavy atom. The van der Waals surface area contributed by atoms with Crippen molar-refractivity contribution in [3.63, 3.8) is 0 Å². The molecule has 0 bridgehead atoms. The summed E-state index contributed by atoms with van der Waals surface area (Å²) in [6.45, 7) is 3.93. The van der Waals surface area contributed by atoms with Crippen molar-refractivity contribution < 1.29 is 4.79 Å². The first-order valence-electron chi connectivity index (χ1n) is 9.10. The summed E-state index contributed by atoms with van der Waals surface area (Å²) in [5, 5.41) is 14.8. The van der Waals surface area contributed by atoms with Gasteiger partial charge in [0.2, 0.25) is 5.82 Å². The number of nitrogens with zero attached hydrogens (tertiary/aromatic N) is 5. The van der Waals surface area contributed by atoms with Gasteiger partial charge >= 0.3 is 0 Å². The van der Waals surface area contributed by atoms with E-state index in [1.807, 2.05) is 11.6 Å². The lowest BCUT2D eigenvalue weighted by atomic mass is 9.89. The highest BCUT2D eigenvalue weighted by molar-refractivity contribution is 7.09. The van der Waals surface area contributed by atoms with Crippen molar-refractivity contribution in [1.29, 1.82) is 0 Å². The summed E-state index contributed by atoms with van der Waals surface area (Å²) in [7, 11) is 0. The Bertz CT molecular complexity index is 768. The number of amides is 1. The molecule has 2 aliphatic heterocycles. The maximum atomic E-state index is 12.5. The van der Waals surface area contributed by atoms with Crippen LogP contribution in [0.2, 0.25) is 0 Å². The number of thiazole rings is 1. The Balaban J connectivity index is 1.28. The first-order valence-corrected chi connectivity index (χ1v) is 9.98. The van der Waals surface area contributed by atoms with Gasteiger partial charge in [-0.2, -0.15) is 0 Å². The van der Waals surface area contributed by atoms with Gasteiger partial charge in [-0.05, 0) is 31.1 Å². The van der Waals surface area contributed by atoms with Gasteiger partial charge in [-0.1, -0.05) is 0 Å². The average Bonchev–Trinajstić information content (AvgIpc) is 3.27. The van der Waals surface area contributed by atoms with E-state index in [1.165, 1.54) is 11.4 Å². The molecule has 25 heavy (non-hydrogen) atoms. The molecule has 132 valence electrons. The number of fused-ring (bicyclic) bond motifs is 2. The van der Waals surface area contributed by atoms with E-state index >= 15 is 0 Å². The lowest BCUT2D eigenvalue weighted by Crippen LogP contribution is -2.41. The zero-order valence-corrected chi connectivity index (χ0v) is 14.9. The minimum atomic E-state index is -0.0560. The Labute approximate surface area is 150 Å². The molecular weight excluding hydrogens is 336 g/mol. The topological polar surface area (TPSA) is 75.9 Å². The van der Waals surface area contributed by atoms with Crippen LogP contribution in [0.3, 0.4) is 0 Å². The monoisotopic (exact) mass is 358 g/mol. The molecule has 1 amide bonds. The first kappa shape index (κ1) is 15.5. The number of aromatic nitrogens is 4.